The van der Waals surface area contributed by atoms with E-state index in [1.807, 2.05) is 50.2 Å². The van der Waals surface area contributed by atoms with Crippen molar-refractivity contribution in [3.05, 3.63) is 136 Å². The standard InChI is InChI=1S/C14H7F5O2.C8H3F5O.C6H6.C2H6O.C2H6/c1-21-7-4-2-6(3-5-7)14(20)8-9(15)11(17)13(19)12(18)10(8)16;1-2(14)3-4(9)6(11)8(13)7(12)5(3)10;1-2-4-6-5-3-1;1-3-2;1-2/h2-5H,1H3;1H3;1-6H;1-2H3;1-2H3. The molecule has 0 aromatic heterocycles. The fourth-order valence-corrected chi connectivity index (χ4v) is 2.99. The van der Waals surface area contributed by atoms with E-state index < -0.39 is 80.9 Å². The molecule has 0 fully saturated rings. The summed E-state index contributed by atoms with van der Waals surface area (Å²) in [5.74, 6) is -23.8. The molecule has 0 aliphatic rings. The summed E-state index contributed by atoms with van der Waals surface area (Å²) in [7, 11) is 4.61. The molecule has 0 radical (unpaired) electrons. The van der Waals surface area contributed by atoms with Crippen molar-refractivity contribution in [3.63, 3.8) is 0 Å². The first-order valence-electron chi connectivity index (χ1n) is 12.8. The van der Waals surface area contributed by atoms with Gasteiger partial charge in [0, 0.05) is 19.8 Å². The molecule has 250 valence electrons. The highest BCUT2D eigenvalue weighted by molar-refractivity contribution is 6.09. The van der Waals surface area contributed by atoms with Gasteiger partial charge in [-0.05, 0) is 31.2 Å². The minimum atomic E-state index is -2.31. The second-order valence-corrected chi connectivity index (χ2v) is 8.07. The maximum absolute atomic E-state index is 13.5. The van der Waals surface area contributed by atoms with Crippen molar-refractivity contribution in [1.29, 1.82) is 0 Å². The van der Waals surface area contributed by atoms with Gasteiger partial charge in [-0.2, -0.15) is 0 Å². The van der Waals surface area contributed by atoms with Crippen LogP contribution in [0.25, 0.3) is 0 Å². The van der Waals surface area contributed by atoms with Crippen molar-refractivity contribution in [3.8, 4) is 5.75 Å². The maximum atomic E-state index is 13.5. The number of benzene rings is 4. The van der Waals surface area contributed by atoms with Crippen molar-refractivity contribution in [2.75, 3.05) is 21.3 Å². The lowest BCUT2D eigenvalue weighted by atomic mass is 10.0. The van der Waals surface area contributed by atoms with Crippen molar-refractivity contribution < 1.29 is 63.0 Å². The number of carbonyl (C=O) groups is 2. The highest BCUT2D eigenvalue weighted by Crippen LogP contribution is 2.26. The Morgan fingerprint density at radius 1 is 0.478 bits per heavy atom. The first-order chi connectivity index (χ1) is 21.7. The highest BCUT2D eigenvalue weighted by Gasteiger charge is 2.30. The number of Topliss-reactive ketones (excluding diaryl/α,β-unsaturated/α-hetero) is 1. The predicted molar refractivity (Wildman–Crippen MR) is 150 cm³/mol. The quantitative estimate of drug-likeness (QED) is 0.0944. The summed E-state index contributed by atoms with van der Waals surface area (Å²) in [6.07, 6.45) is 0. The molecule has 0 atom stereocenters. The Balaban J connectivity index is 0.000000692. The molecule has 4 rings (SSSR count). The van der Waals surface area contributed by atoms with Gasteiger partial charge < -0.3 is 9.47 Å². The van der Waals surface area contributed by atoms with Gasteiger partial charge in [0.15, 0.2) is 58.1 Å². The first kappa shape index (κ1) is 41.3. The van der Waals surface area contributed by atoms with Crippen LogP contribution >= 0.6 is 0 Å². The van der Waals surface area contributed by atoms with Crippen LogP contribution in [0.5, 0.6) is 5.75 Å². The topological polar surface area (TPSA) is 52.6 Å². The summed E-state index contributed by atoms with van der Waals surface area (Å²) in [6.45, 7) is 4.71. The van der Waals surface area contributed by atoms with Crippen molar-refractivity contribution in [2.45, 2.75) is 20.8 Å². The van der Waals surface area contributed by atoms with Crippen LogP contribution in [0.15, 0.2) is 60.7 Å². The Bertz CT molecular complexity index is 1490. The van der Waals surface area contributed by atoms with Crippen molar-refractivity contribution in [1.82, 2.24) is 0 Å². The van der Waals surface area contributed by atoms with E-state index in [0.29, 0.717) is 12.7 Å². The molecule has 0 spiro atoms. The third kappa shape index (κ3) is 10.7. The zero-order valence-electron chi connectivity index (χ0n) is 25.2. The molecule has 0 N–H and O–H groups in total. The number of hydrogen-bond acceptors (Lipinski definition) is 4. The summed E-state index contributed by atoms with van der Waals surface area (Å²) in [4.78, 5) is 22.5. The number of rotatable bonds is 4. The smallest absolute Gasteiger partial charge is 0.200 e. The second-order valence-electron chi connectivity index (χ2n) is 8.07. The van der Waals surface area contributed by atoms with E-state index in [4.69, 9.17) is 4.74 Å². The van der Waals surface area contributed by atoms with Crippen LogP contribution in [0.2, 0.25) is 0 Å². The molecule has 0 heterocycles. The van der Waals surface area contributed by atoms with E-state index in [2.05, 4.69) is 4.74 Å². The monoisotopic (exact) mass is 666 g/mol. The number of ketones is 2. The summed E-state index contributed by atoms with van der Waals surface area (Å²) < 4.78 is 138. The molecule has 46 heavy (non-hydrogen) atoms. The summed E-state index contributed by atoms with van der Waals surface area (Å²) >= 11 is 0. The van der Waals surface area contributed by atoms with E-state index in [1.54, 1.807) is 14.2 Å². The van der Waals surface area contributed by atoms with E-state index in [9.17, 15) is 53.5 Å². The molecule has 4 nitrogen and oxygen atoms in total. The average Bonchev–Trinajstić information content (AvgIpc) is 3.07. The molecular weight excluding hydrogens is 638 g/mol. The number of carbonyl (C=O) groups excluding carboxylic acids is 2. The summed E-state index contributed by atoms with van der Waals surface area (Å²) in [5, 5.41) is 0. The Labute approximate surface area is 258 Å². The van der Waals surface area contributed by atoms with E-state index in [0.717, 1.165) is 12.1 Å². The van der Waals surface area contributed by atoms with Gasteiger partial charge in [-0.15, -0.1) is 0 Å². The Hall–Kier alpha value is -4.72. The largest absolute Gasteiger partial charge is 0.497 e. The van der Waals surface area contributed by atoms with Gasteiger partial charge in [0.25, 0.3) is 0 Å². The molecule has 14 heteroatoms. The van der Waals surface area contributed by atoms with Crippen molar-refractivity contribution in [2.24, 2.45) is 0 Å². The maximum Gasteiger partial charge on any atom is 0.200 e. The molecular formula is C32H28F10O4. The van der Waals surface area contributed by atoms with E-state index in [1.165, 1.54) is 19.2 Å². The fourth-order valence-electron chi connectivity index (χ4n) is 2.99. The van der Waals surface area contributed by atoms with Gasteiger partial charge in [0.05, 0.1) is 12.7 Å². The number of hydrogen-bond donors (Lipinski definition) is 0. The van der Waals surface area contributed by atoms with Gasteiger partial charge in [0.1, 0.15) is 11.3 Å². The van der Waals surface area contributed by atoms with Gasteiger partial charge in [0.2, 0.25) is 11.6 Å². The van der Waals surface area contributed by atoms with Crippen LogP contribution < -0.4 is 4.74 Å². The molecule has 4 aromatic rings. The Morgan fingerprint density at radius 2 is 0.739 bits per heavy atom. The molecule has 0 bridgehead atoms. The number of ether oxygens (including phenoxy) is 2. The SMILES string of the molecule is CC.CC(=O)c1c(F)c(F)c(F)c(F)c1F.COC.COc1ccc(C(=O)c2c(F)c(F)c(F)c(F)c2F)cc1.c1ccccc1. The lowest BCUT2D eigenvalue weighted by molar-refractivity contribution is 0.0999. The van der Waals surface area contributed by atoms with E-state index in [-0.39, 0.29) is 5.56 Å². The zero-order chi connectivity index (χ0) is 35.7. The Morgan fingerprint density at radius 3 is 1.00 bits per heavy atom. The van der Waals surface area contributed by atoms with Crippen LogP contribution in [-0.4, -0.2) is 32.9 Å². The van der Waals surface area contributed by atoms with Crippen LogP contribution in [0.4, 0.5) is 43.9 Å². The van der Waals surface area contributed by atoms with Crippen LogP contribution in [-0.2, 0) is 4.74 Å². The third-order valence-corrected chi connectivity index (χ3v) is 5.02. The van der Waals surface area contributed by atoms with Gasteiger partial charge >= 0.3 is 0 Å². The molecule has 0 aliphatic heterocycles. The second kappa shape index (κ2) is 20.3. The molecule has 0 unspecified atom stereocenters. The average molecular weight is 667 g/mol. The number of methoxy groups -OCH3 is 2. The fraction of sp³-hybridized carbons (Fsp3) is 0.188. The minimum absolute atomic E-state index is 0.237. The molecule has 0 amide bonds. The normalized spacial score (nSPS) is 9.57. The lowest BCUT2D eigenvalue weighted by Gasteiger charge is -2.08. The van der Waals surface area contributed by atoms with Crippen LogP contribution in [0, 0.1) is 58.2 Å². The molecule has 0 aliphatic carbocycles. The first-order valence-corrected chi connectivity index (χ1v) is 12.8. The molecule has 4 aromatic carbocycles. The highest BCUT2D eigenvalue weighted by atomic mass is 19.2. The van der Waals surface area contributed by atoms with E-state index >= 15 is 0 Å². The third-order valence-electron chi connectivity index (χ3n) is 5.02. The molecule has 0 saturated heterocycles. The van der Waals surface area contributed by atoms with Crippen molar-refractivity contribution >= 4 is 11.6 Å². The lowest BCUT2D eigenvalue weighted by Crippen LogP contribution is -2.13. The van der Waals surface area contributed by atoms with Crippen LogP contribution in [0.1, 0.15) is 47.1 Å². The van der Waals surface area contributed by atoms with Gasteiger partial charge in [-0.25, -0.2) is 43.9 Å². The van der Waals surface area contributed by atoms with Crippen LogP contribution in [0.3, 0.4) is 0 Å². The molecule has 0 saturated carbocycles. The zero-order valence-corrected chi connectivity index (χ0v) is 25.2. The van der Waals surface area contributed by atoms with Gasteiger partial charge in [-0.1, -0.05) is 50.2 Å². The summed E-state index contributed by atoms with van der Waals surface area (Å²) in [5.41, 5.74) is -3.14. The number of halogens is 10. The Kier molecular flexibility index (Phi) is 18.3. The predicted octanol–water partition coefficient (Wildman–Crippen LogP) is 9.18. The minimum Gasteiger partial charge on any atom is -0.497 e. The van der Waals surface area contributed by atoms with Gasteiger partial charge in [-0.3, -0.25) is 9.59 Å². The summed E-state index contributed by atoms with van der Waals surface area (Å²) in [6, 6.07) is 16.9.